The molecule has 0 unspecified atom stereocenters. The van der Waals surface area contributed by atoms with Gasteiger partial charge in [0.1, 0.15) is 23.4 Å². The first kappa shape index (κ1) is 13.4. The van der Waals surface area contributed by atoms with Crippen LogP contribution in [0.4, 0.5) is 0 Å². The van der Waals surface area contributed by atoms with Crippen molar-refractivity contribution in [3.05, 3.63) is 41.5 Å². The summed E-state index contributed by atoms with van der Waals surface area (Å²) in [6, 6.07) is 7.32. The summed E-state index contributed by atoms with van der Waals surface area (Å²) in [6.07, 6.45) is 0.263. The minimum Gasteiger partial charge on any atom is -0.508 e. The SMILES string of the molecule is C[C@@H]1Cc2c(O)cc(O)cc2O[C@@H]1c1ccc(O)c(O)c1. The highest BCUT2D eigenvalue weighted by molar-refractivity contribution is 5.51. The Bertz CT molecular complexity index is 695. The van der Waals surface area contributed by atoms with Gasteiger partial charge in [0, 0.05) is 23.6 Å². The Labute approximate surface area is 121 Å². The maximum Gasteiger partial charge on any atom is 0.157 e. The number of phenolic OH excluding ortho intramolecular Hbond substituents is 4. The first-order valence-corrected chi connectivity index (χ1v) is 6.69. The van der Waals surface area contributed by atoms with Crippen LogP contribution < -0.4 is 4.74 Å². The van der Waals surface area contributed by atoms with Gasteiger partial charge in [-0.2, -0.15) is 0 Å². The van der Waals surface area contributed by atoms with E-state index in [0.717, 1.165) is 5.56 Å². The average Bonchev–Trinajstić information content (AvgIpc) is 2.42. The lowest BCUT2D eigenvalue weighted by atomic mass is 9.87. The predicted octanol–water partition coefficient (Wildman–Crippen LogP) is 2.82. The fourth-order valence-corrected chi connectivity index (χ4v) is 2.72. The molecule has 5 nitrogen and oxygen atoms in total. The van der Waals surface area contributed by atoms with Gasteiger partial charge < -0.3 is 25.2 Å². The zero-order chi connectivity index (χ0) is 15.1. The summed E-state index contributed by atoms with van der Waals surface area (Å²) in [6.45, 7) is 1.98. The van der Waals surface area contributed by atoms with Gasteiger partial charge in [-0.1, -0.05) is 13.0 Å². The lowest BCUT2D eigenvalue weighted by Gasteiger charge is -2.32. The number of benzene rings is 2. The van der Waals surface area contributed by atoms with Crippen LogP contribution in [0.15, 0.2) is 30.3 Å². The second kappa shape index (κ2) is 4.77. The number of hydrogen-bond donors (Lipinski definition) is 4. The average molecular weight is 288 g/mol. The minimum absolute atomic E-state index is 0.0175. The largest absolute Gasteiger partial charge is 0.508 e. The van der Waals surface area contributed by atoms with Crippen LogP contribution in [0, 0.1) is 5.92 Å². The van der Waals surface area contributed by atoms with Crippen LogP contribution in [0.2, 0.25) is 0 Å². The third-order valence-corrected chi connectivity index (χ3v) is 3.80. The molecule has 0 bridgehead atoms. The fourth-order valence-electron chi connectivity index (χ4n) is 2.72. The molecule has 1 heterocycles. The summed E-state index contributed by atoms with van der Waals surface area (Å²) in [4.78, 5) is 0. The Morgan fingerprint density at radius 1 is 0.952 bits per heavy atom. The fraction of sp³-hybridized carbons (Fsp3) is 0.250. The molecule has 2 aromatic carbocycles. The monoisotopic (exact) mass is 288 g/mol. The lowest BCUT2D eigenvalue weighted by Crippen LogP contribution is -2.23. The van der Waals surface area contributed by atoms with Gasteiger partial charge in [-0.3, -0.25) is 0 Å². The number of hydrogen-bond acceptors (Lipinski definition) is 5. The molecule has 4 N–H and O–H groups in total. The minimum atomic E-state index is -0.329. The molecule has 5 heteroatoms. The highest BCUT2D eigenvalue weighted by Crippen LogP contribution is 2.44. The predicted molar refractivity (Wildman–Crippen MR) is 75.8 cm³/mol. The summed E-state index contributed by atoms with van der Waals surface area (Å²) in [5, 5.41) is 38.4. The Morgan fingerprint density at radius 2 is 1.71 bits per heavy atom. The molecule has 2 aromatic rings. The van der Waals surface area contributed by atoms with Crippen molar-refractivity contribution in [2.24, 2.45) is 5.92 Å². The molecule has 21 heavy (non-hydrogen) atoms. The Kier molecular flexibility index (Phi) is 3.05. The molecule has 1 aliphatic heterocycles. The zero-order valence-corrected chi connectivity index (χ0v) is 11.4. The van der Waals surface area contributed by atoms with Crippen LogP contribution in [0.1, 0.15) is 24.2 Å². The van der Waals surface area contributed by atoms with E-state index < -0.39 is 0 Å². The van der Waals surface area contributed by atoms with E-state index >= 15 is 0 Å². The van der Waals surface area contributed by atoms with E-state index in [1.807, 2.05) is 6.92 Å². The molecule has 0 saturated heterocycles. The summed E-state index contributed by atoms with van der Waals surface area (Å²) in [7, 11) is 0. The molecule has 1 aliphatic rings. The van der Waals surface area contributed by atoms with Crippen LogP contribution in [-0.4, -0.2) is 20.4 Å². The molecule has 110 valence electrons. The number of phenols is 4. The van der Waals surface area contributed by atoms with Gasteiger partial charge in [-0.05, 0) is 24.1 Å². The van der Waals surface area contributed by atoms with Crippen LogP contribution in [0.3, 0.4) is 0 Å². The van der Waals surface area contributed by atoms with Crippen molar-refractivity contribution in [3.8, 4) is 28.7 Å². The Morgan fingerprint density at radius 3 is 2.43 bits per heavy atom. The molecule has 0 amide bonds. The van der Waals surface area contributed by atoms with Crippen molar-refractivity contribution in [1.82, 2.24) is 0 Å². The summed E-state index contributed by atoms with van der Waals surface area (Å²) in [5.74, 6) is 0.0720. The number of rotatable bonds is 1. The van der Waals surface area contributed by atoms with E-state index in [-0.39, 0.29) is 35.0 Å². The molecule has 2 atom stereocenters. The zero-order valence-electron chi connectivity index (χ0n) is 11.4. The number of ether oxygens (including phenoxy) is 1. The first-order chi connectivity index (χ1) is 9.95. The molecular weight excluding hydrogens is 272 g/mol. The lowest BCUT2D eigenvalue weighted by molar-refractivity contribution is 0.121. The molecule has 0 radical (unpaired) electrons. The quantitative estimate of drug-likeness (QED) is 0.606. The van der Waals surface area contributed by atoms with Gasteiger partial charge in [0.25, 0.3) is 0 Å². The molecule has 0 saturated carbocycles. The summed E-state index contributed by atoms with van der Waals surface area (Å²) in [5.41, 5.74) is 1.39. The molecule has 0 aromatic heterocycles. The number of aromatic hydroxyl groups is 4. The third-order valence-electron chi connectivity index (χ3n) is 3.80. The Hall–Kier alpha value is -2.56. The van der Waals surface area contributed by atoms with Crippen molar-refractivity contribution in [2.75, 3.05) is 0 Å². The summed E-state index contributed by atoms with van der Waals surface area (Å²) >= 11 is 0. The maximum atomic E-state index is 9.88. The second-order valence-corrected chi connectivity index (χ2v) is 5.41. The van der Waals surface area contributed by atoms with Gasteiger partial charge in [0.15, 0.2) is 11.5 Å². The molecule has 0 fully saturated rings. The second-order valence-electron chi connectivity index (χ2n) is 5.41. The van der Waals surface area contributed by atoms with Crippen LogP contribution in [0.5, 0.6) is 28.7 Å². The van der Waals surface area contributed by atoms with E-state index in [9.17, 15) is 20.4 Å². The normalized spacial score (nSPS) is 20.6. The van der Waals surface area contributed by atoms with Gasteiger partial charge in [0.2, 0.25) is 0 Å². The van der Waals surface area contributed by atoms with E-state index in [0.29, 0.717) is 17.7 Å². The van der Waals surface area contributed by atoms with Crippen molar-refractivity contribution in [3.63, 3.8) is 0 Å². The number of fused-ring (bicyclic) bond motifs is 1. The standard InChI is InChI=1S/C16H16O5/c1-8-4-11-13(19)6-10(17)7-15(11)21-16(8)9-2-3-12(18)14(20)5-9/h2-3,5-8,16-20H,4H2,1H3/t8-,16+/m1/s1. The van der Waals surface area contributed by atoms with Crippen molar-refractivity contribution in [2.45, 2.75) is 19.4 Å². The van der Waals surface area contributed by atoms with Gasteiger partial charge in [0.05, 0.1) is 0 Å². The van der Waals surface area contributed by atoms with E-state index in [4.69, 9.17) is 4.74 Å². The maximum absolute atomic E-state index is 9.88. The van der Waals surface area contributed by atoms with Crippen molar-refractivity contribution >= 4 is 0 Å². The van der Waals surface area contributed by atoms with Gasteiger partial charge in [-0.15, -0.1) is 0 Å². The molecule has 3 rings (SSSR count). The highest BCUT2D eigenvalue weighted by Gasteiger charge is 2.30. The summed E-state index contributed by atoms with van der Waals surface area (Å²) < 4.78 is 5.87. The van der Waals surface area contributed by atoms with Crippen molar-refractivity contribution in [1.29, 1.82) is 0 Å². The molecule has 0 spiro atoms. The molecule has 0 aliphatic carbocycles. The third kappa shape index (κ3) is 2.31. The Balaban J connectivity index is 2.00. The topological polar surface area (TPSA) is 90.2 Å². The van der Waals surface area contributed by atoms with Gasteiger partial charge in [-0.25, -0.2) is 0 Å². The van der Waals surface area contributed by atoms with Gasteiger partial charge >= 0.3 is 0 Å². The first-order valence-electron chi connectivity index (χ1n) is 6.69. The molecular formula is C16H16O5. The van der Waals surface area contributed by atoms with E-state index in [1.165, 1.54) is 24.3 Å². The van der Waals surface area contributed by atoms with Crippen LogP contribution in [0.25, 0.3) is 0 Å². The van der Waals surface area contributed by atoms with E-state index in [2.05, 4.69) is 0 Å². The highest BCUT2D eigenvalue weighted by atomic mass is 16.5. The van der Waals surface area contributed by atoms with Crippen molar-refractivity contribution < 1.29 is 25.2 Å². The van der Waals surface area contributed by atoms with Crippen LogP contribution in [-0.2, 0) is 6.42 Å². The van der Waals surface area contributed by atoms with Crippen LogP contribution >= 0.6 is 0 Å². The smallest absolute Gasteiger partial charge is 0.157 e. The van der Waals surface area contributed by atoms with E-state index in [1.54, 1.807) is 6.07 Å².